The summed E-state index contributed by atoms with van der Waals surface area (Å²) < 4.78 is 10.6. The molecule has 0 aromatic heterocycles. The second kappa shape index (κ2) is 10.0. The number of hydrogen-bond acceptors (Lipinski definition) is 5. The maximum absolute atomic E-state index is 12.2. The van der Waals surface area contributed by atoms with Crippen molar-refractivity contribution in [2.24, 2.45) is 5.73 Å². The number of benzene rings is 3. The van der Waals surface area contributed by atoms with Crippen LogP contribution >= 0.6 is 23.4 Å². The lowest BCUT2D eigenvalue weighted by molar-refractivity contribution is -0.118. The molecule has 8 heteroatoms. The summed E-state index contributed by atoms with van der Waals surface area (Å²) in [5.41, 5.74) is 6.10. The molecule has 3 N–H and O–H groups in total. The van der Waals surface area contributed by atoms with E-state index in [9.17, 15) is 9.59 Å². The summed E-state index contributed by atoms with van der Waals surface area (Å²) in [6.07, 6.45) is 0. The summed E-state index contributed by atoms with van der Waals surface area (Å²) in [5.74, 6) is 0.246. The predicted octanol–water partition coefficient (Wildman–Crippen LogP) is 4.62. The van der Waals surface area contributed by atoms with Gasteiger partial charge in [-0.15, -0.1) is 0 Å². The first-order valence-electron chi connectivity index (χ1n) is 8.88. The number of ether oxygens (including phenoxy) is 2. The average molecular weight is 443 g/mol. The zero-order valence-electron chi connectivity index (χ0n) is 16.1. The van der Waals surface area contributed by atoms with Crippen LogP contribution < -0.4 is 20.5 Å². The third kappa shape index (κ3) is 5.92. The first-order valence-corrected chi connectivity index (χ1v) is 10.1. The van der Waals surface area contributed by atoms with E-state index < -0.39 is 5.91 Å². The van der Waals surface area contributed by atoms with Gasteiger partial charge in [0.2, 0.25) is 5.91 Å². The van der Waals surface area contributed by atoms with Gasteiger partial charge in [-0.2, -0.15) is 0 Å². The third-order valence-electron chi connectivity index (χ3n) is 3.99. The highest BCUT2D eigenvalue weighted by molar-refractivity contribution is 7.99. The van der Waals surface area contributed by atoms with Crippen molar-refractivity contribution in [2.75, 3.05) is 19.0 Å². The van der Waals surface area contributed by atoms with Crippen molar-refractivity contribution in [2.45, 2.75) is 9.79 Å². The topological polar surface area (TPSA) is 90.7 Å². The van der Waals surface area contributed by atoms with Crippen LogP contribution in [0.3, 0.4) is 0 Å². The molecule has 0 aliphatic rings. The monoisotopic (exact) mass is 442 g/mol. The van der Waals surface area contributed by atoms with Gasteiger partial charge in [0.15, 0.2) is 6.61 Å². The Hall–Kier alpha value is -3.16. The molecule has 0 saturated carbocycles. The third-order valence-corrected chi connectivity index (χ3v) is 5.50. The maximum Gasteiger partial charge on any atom is 0.262 e. The highest BCUT2D eigenvalue weighted by atomic mass is 35.5. The normalized spacial score (nSPS) is 10.3. The van der Waals surface area contributed by atoms with Crippen LogP contribution in [-0.2, 0) is 4.79 Å². The van der Waals surface area contributed by atoms with Crippen molar-refractivity contribution in [1.29, 1.82) is 0 Å². The Morgan fingerprint density at radius 2 is 1.80 bits per heavy atom. The van der Waals surface area contributed by atoms with Gasteiger partial charge in [0.1, 0.15) is 11.5 Å². The minimum Gasteiger partial charge on any atom is -0.497 e. The van der Waals surface area contributed by atoms with Gasteiger partial charge >= 0.3 is 0 Å². The second-order valence-electron chi connectivity index (χ2n) is 6.15. The average Bonchev–Trinajstić information content (AvgIpc) is 2.75. The number of nitrogens with one attached hydrogen (secondary N) is 1. The Bertz CT molecular complexity index is 1060. The standard InChI is InChI=1S/C22H19ClN2O4S/c1-28-16-6-8-18(9-7-16)30-20-10-5-15(12-19(20)23)25-21(26)13-29-17-4-2-3-14(11-17)22(24)27/h2-12H,13H2,1H3,(H2,24,27)(H,25,26). The van der Waals surface area contributed by atoms with E-state index in [0.717, 1.165) is 15.5 Å². The Morgan fingerprint density at radius 3 is 2.47 bits per heavy atom. The molecule has 3 aromatic carbocycles. The van der Waals surface area contributed by atoms with Gasteiger partial charge in [-0.25, -0.2) is 0 Å². The molecule has 0 heterocycles. The van der Waals surface area contributed by atoms with E-state index in [1.807, 2.05) is 30.3 Å². The van der Waals surface area contributed by atoms with Gasteiger partial charge in [-0.3, -0.25) is 9.59 Å². The first kappa shape index (κ1) is 21.5. The highest BCUT2D eigenvalue weighted by Crippen LogP contribution is 2.35. The molecular weight excluding hydrogens is 424 g/mol. The minimum absolute atomic E-state index is 0.220. The van der Waals surface area contributed by atoms with Crippen LogP contribution in [0.4, 0.5) is 5.69 Å². The molecule has 6 nitrogen and oxygen atoms in total. The molecule has 154 valence electrons. The summed E-state index contributed by atoms with van der Waals surface area (Å²) in [5, 5.41) is 3.25. The number of methoxy groups -OCH3 is 1. The van der Waals surface area contributed by atoms with Crippen molar-refractivity contribution in [3.8, 4) is 11.5 Å². The van der Waals surface area contributed by atoms with Crippen molar-refractivity contribution in [3.63, 3.8) is 0 Å². The Labute approximate surface area is 183 Å². The van der Waals surface area contributed by atoms with Gasteiger partial charge in [0.05, 0.1) is 12.1 Å². The van der Waals surface area contributed by atoms with Crippen LogP contribution in [0.5, 0.6) is 11.5 Å². The second-order valence-corrected chi connectivity index (χ2v) is 7.67. The number of hydrogen-bond donors (Lipinski definition) is 2. The largest absolute Gasteiger partial charge is 0.497 e. The molecule has 3 rings (SSSR count). The molecule has 0 spiro atoms. The molecule has 3 aromatic rings. The van der Waals surface area contributed by atoms with Gasteiger partial charge in [0, 0.05) is 21.0 Å². The lowest BCUT2D eigenvalue weighted by Crippen LogP contribution is -2.20. The number of amides is 2. The lowest BCUT2D eigenvalue weighted by Gasteiger charge is -2.10. The highest BCUT2D eigenvalue weighted by Gasteiger charge is 2.09. The number of primary amides is 1. The van der Waals surface area contributed by atoms with Gasteiger partial charge in [-0.05, 0) is 60.7 Å². The van der Waals surface area contributed by atoms with Crippen molar-refractivity contribution in [3.05, 3.63) is 77.3 Å². The maximum atomic E-state index is 12.2. The zero-order chi connectivity index (χ0) is 21.5. The zero-order valence-corrected chi connectivity index (χ0v) is 17.6. The molecule has 0 fully saturated rings. The number of carbonyl (C=O) groups excluding carboxylic acids is 2. The van der Waals surface area contributed by atoms with E-state index in [1.165, 1.54) is 17.8 Å². The lowest BCUT2D eigenvalue weighted by atomic mass is 10.2. The summed E-state index contributed by atoms with van der Waals surface area (Å²) in [6.45, 7) is -0.220. The predicted molar refractivity (Wildman–Crippen MR) is 118 cm³/mol. The van der Waals surface area contributed by atoms with E-state index >= 15 is 0 Å². The number of anilines is 1. The van der Waals surface area contributed by atoms with E-state index in [4.69, 9.17) is 26.8 Å². The van der Waals surface area contributed by atoms with Crippen molar-refractivity contribution in [1.82, 2.24) is 0 Å². The van der Waals surface area contributed by atoms with Gasteiger partial charge in [-0.1, -0.05) is 29.4 Å². The van der Waals surface area contributed by atoms with Crippen LogP contribution in [0.2, 0.25) is 5.02 Å². The molecule has 0 saturated heterocycles. The smallest absolute Gasteiger partial charge is 0.262 e. The SMILES string of the molecule is COc1ccc(Sc2ccc(NC(=O)COc3cccc(C(N)=O)c3)cc2Cl)cc1. The van der Waals surface area contributed by atoms with Crippen LogP contribution in [-0.4, -0.2) is 25.5 Å². The quantitative estimate of drug-likeness (QED) is 0.531. The van der Waals surface area contributed by atoms with E-state index in [-0.39, 0.29) is 12.5 Å². The van der Waals surface area contributed by atoms with Crippen LogP contribution in [0, 0.1) is 0 Å². The van der Waals surface area contributed by atoms with Crippen LogP contribution in [0.1, 0.15) is 10.4 Å². The fourth-order valence-electron chi connectivity index (χ4n) is 2.52. The van der Waals surface area contributed by atoms with Crippen molar-refractivity contribution < 1.29 is 19.1 Å². The van der Waals surface area contributed by atoms with E-state index in [2.05, 4.69) is 5.32 Å². The van der Waals surface area contributed by atoms with Crippen LogP contribution in [0.25, 0.3) is 0 Å². The summed E-state index contributed by atoms with van der Waals surface area (Å²) in [6, 6.07) is 19.3. The summed E-state index contributed by atoms with van der Waals surface area (Å²) in [7, 11) is 1.62. The summed E-state index contributed by atoms with van der Waals surface area (Å²) in [4.78, 5) is 25.2. The molecule has 0 aliphatic heterocycles. The number of carbonyl (C=O) groups is 2. The number of rotatable bonds is 8. The molecule has 0 unspecified atom stereocenters. The number of nitrogens with two attached hydrogens (primary N) is 1. The summed E-state index contributed by atoms with van der Waals surface area (Å²) >= 11 is 7.88. The fraction of sp³-hybridized carbons (Fsp3) is 0.0909. The molecule has 2 amide bonds. The molecular formula is C22H19ClN2O4S. The molecule has 0 radical (unpaired) electrons. The number of halogens is 1. The first-order chi connectivity index (χ1) is 14.4. The van der Waals surface area contributed by atoms with E-state index in [1.54, 1.807) is 37.4 Å². The molecule has 0 atom stereocenters. The van der Waals surface area contributed by atoms with Gasteiger partial charge < -0.3 is 20.5 Å². The molecule has 0 bridgehead atoms. The van der Waals surface area contributed by atoms with Crippen LogP contribution in [0.15, 0.2) is 76.5 Å². The molecule has 30 heavy (non-hydrogen) atoms. The Balaban J connectivity index is 1.57. The Kier molecular flexibility index (Phi) is 7.21. The fourth-order valence-corrected chi connectivity index (χ4v) is 3.63. The van der Waals surface area contributed by atoms with Crippen molar-refractivity contribution >= 4 is 40.9 Å². The molecule has 0 aliphatic carbocycles. The van der Waals surface area contributed by atoms with Gasteiger partial charge in [0.25, 0.3) is 5.91 Å². The van der Waals surface area contributed by atoms with E-state index in [0.29, 0.717) is 22.0 Å². The minimum atomic E-state index is -0.563. The Morgan fingerprint density at radius 1 is 1.03 bits per heavy atom.